The van der Waals surface area contributed by atoms with Gasteiger partial charge in [-0.3, -0.25) is 0 Å². The quantitative estimate of drug-likeness (QED) is 0.630. The molecular formula is C11H19N. The van der Waals surface area contributed by atoms with Crippen molar-refractivity contribution in [2.24, 2.45) is 11.3 Å². The summed E-state index contributed by atoms with van der Waals surface area (Å²) in [6.45, 7) is 13.9. The van der Waals surface area contributed by atoms with Gasteiger partial charge < -0.3 is 5.32 Å². The van der Waals surface area contributed by atoms with Gasteiger partial charge in [-0.25, -0.2) is 0 Å². The number of rotatable bonds is 1. The molecule has 0 saturated carbocycles. The normalized spacial score (nSPS) is 24.2. The molecule has 0 saturated heterocycles. The SMILES string of the molecule is C=CC1=C(C)C(C(C)(C)C)CN1. The maximum Gasteiger partial charge on any atom is 0.0327 e. The lowest BCUT2D eigenvalue weighted by molar-refractivity contribution is 0.290. The van der Waals surface area contributed by atoms with Gasteiger partial charge in [0.25, 0.3) is 0 Å². The molecule has 0 aliphatic carbocycles. The molecule has 1 atom stereocenters. The summed E-state index contributed by atoms with van der Waals surface area (Å²) in [5.41, 5.74) is 3.05. The van der Waals surface area contributed by atoms with Crippen molar-refractivity contribution in [1.82, 2.24) is 5.32 Å². The lowest BCUT2D eigenvalue weighted by Gasteiger charge is -2.27. The lowest BCUT2D eigenvalue weighted by atomic mass is 9.77. The Bertz CT molecular complexity index is 218. The highest BCUT2D eigenvalue weighted by atomic mass is 14.9. The zero-order chi connectivity index (χ0) is 9.35. The number of hydrogen-bond donors (Lipinski definition) is 1. The number of nitrogens with one attached hydrogen (secondary N) is 1. The van der Waals surface area contributed by atoms with Crippen molar-refractivity contribution in [2.75, 3.05) is 6.54 Å². The summed E-state index contributed by atoms with van der Waals surface area (Å²) >= 11 is 0. The molecule has 0 aromatic rings. The highest BCUT2D eigenvalue weighted by molar-refractivity contribution is 5.29. The molecule has 68 valence electrons. The van der Waals surface area contributed by atoms with Crippen LogP contribution in [0.3, 0.4) is 0 Å². The van der Waals surface area contributed by atoms with E-state index in [0.29, 0.717) is 11.3 Å². The molecule has 0 spiro atoms. The Morgan fingerprint density at radius 3 is 2.33 bits per heavy atom. The maximum absolute atomic E-state index is 3.79. The molecule has 1 unspecified atom stereocenters. The van der Waals surface area contributed by atoms with Gasteiger partial charge in [-0.15, -0.1) is 0 Å². The molecule has 1 N–H and O–H groups in total. The van der Waals surface area contributed by atoms with Crippen LogP contribution in [0.5, 0.6) is 0 Å². The van der Waals surface area contributed by atoms with Crippen molar-refractivity contribution in [3.8, 4) is 0 Å². The van der Waals surface area contributed by atoms with Gasteiger partial charge in [-0.2, -0.15) is 0 Å². The molecule has 1 nitrogen and oxygen atoms in total. The molecule has 0 aromatic heterocycles. The Balaban J connectivity index is 2.87. The minimum atomic E-state index is 0.363. The molecule has 1 heterocycles. The van der Waals surface area contributed by atoms with E-state index in [4.69, 9.17) is 0 Å². The van der Waals surface area contributed by atoms with E-state index < -0.39 is 0 Å². The van der Waals surface area contributed by atoms with Crippen LogP contribution in [-0.2, 0) is 0 Å². The van der Waals surface area contributed by atoms with Crippen LogP contribution in [0, 0.1) is 11.3 Å². The topological polar surface area (TPSA) is 12.0 Å². The average molecular weight is 165 g/mol. The van der Waals surface area contributed by atoms with E-state index >= 15 is 0 Å². The van der Waals surface area contributed by atoms with Crippen LogP contribution in [0.2, 0.25) is 0 Å². The molecular weight excluding hydrogens is 146 g/mol. The van der Waals surface area contributed by atoms with E-state index in [2.05, 4.69) is 39.6 Å². The van der Waals surface area contributed by atoms with Crippen LogP contribution in [0.1, 0.15) is 27.7 Å². The Morgan fingerprint density at radius 1 is 1.50 bits per heavy atom. The molecule has 1 aliphatic rings. The first-order valence-electron chi connectivity index (χ1n) is 4.54. The molecule has 0 amide bonds. The zero-order valence-corrected chi connectivity index (χ0v) is 8.57. The van der Waals surface area contributed by atoms with E-state index in [0.717, 1.165) is 6.54 Å². The fourth-order valence-electron chi connectivity index (χ4n) is 1.88. The summed E-state index contributed by atoms with van der Waals surface area (Å²) in [7, 11) is 0. The highest BCUT2D eigenvalue weighted by Crippen LogP contribution is 2.35. The smallest absolute Gasteiger partial charge is 0.0327 e. The van der Waals surface area contributed by atoms with E-state index in [-0.39, 0.29) is 0 Å². The van der Waals surface area contributed by atoms with Crippen LogP contribution in [0.4, 0.5) is 0 Å². The standard InChI is InChI=1S/C11H19N/c1-6-10-8(2)9(7-12-10)11(3,4)5/h6,9,12H,1,7H2,2-5H3. The monoisotopic (exact) mass is 165 g/mol. The van der Waals surface area contributed by atoms with Gasteiger partial charge in [0, 0.05) is 18.2 Å². The first kappa shape index (κ1) is 9.37. The minimum absolute atomic E-state index is 0.363. The van der Waals surface area contributed by atoms with Crippen molar-refractivity contribution in [1.29, 1.82) is 0 Å². The third-order valence-corrected chi connectivity index (χ3v) is 2.69. The third-order valence-electron chi connectivity index (χ3n) is 2.69. The van der Waals surface area contributed by atoms with E-state index in [9.17, 15) is 0 Å². The van der Waals surface area contributed by atoms with Crippen LogP contribution in [-0.4, -0.2) is 6.54 Å². The second-order valence-electron chi connectivity index (χ2n) is 4.60. The molecule has 1 aliphatic heterocycles. The molecule has 0 fully saturated rings. The fourth-order valence-corrected chi connectivity index (χ4v) is 1.88. The summed E-state index contributed by atoms with van der Waals surface area (Å²) < 4.78 is 0. The lowest BCUT2D eigenvalue weighted by Crippen LogP contribution is -2.25. The summed E-state index contributed by atoms with van der Waals surface area (Å²) in [6, 6.07) is 0. The first-order valence-corrected chi connectivity index (χ1v) is 4.54. The van der Waals surface area contributed by atoms with Gasteiger partial charge >= 0.3 is 0 Å². The van der Waals surface area contributed by atoms with Crippen molar-refractivity contribution in [3.05, 3.63) is 23.9 Å². The van der Waals surface area contributed by atoms with Gasteiger partial charge in [0.05, 0.1) is 0 Å². The van der Waals surface area contributed by atoms with Gasteiger partial charge in [0.1, 0.15) is 0 Å². The predicted octanol–water partition coefficient (Wildman–Crippen LogP) is 2.71. The third kappa shape index (κ3) is 1.55. The van der Waals surface area contributed by atoms with Crippen LogP contribution >= 0.6 is 0 Å². The Labute approximate surface area is 75.6 Å². The summed E-state index contributed by atoms with van der Waals surface area (Å²) in [4.78, 5) is 0. The minimum Gasteiger partial charge on any atom is -0.384 e. The van der Waals surface area contributed by atoms with Crippen LogP contribution in [0.25, 0.3) is 0 Å². The predicted molar refractivity (Wildman–Crippen MR) is 53.8 cm³/mol. The van der Waals surface area contributed by atoms with Gasteiger partial charge in [-0.1, -0.05) is 27.4 Å². The average Bonchev–Trinajstić information content (AvgIpc) is 2.29. The number of hydrogen-bond acceptors (Lipinski definition) is 1. The van der Waals surface area contributed by atoms with Crippen molar-refractivity contribution in [3.63, 3.8) is 0 Å². The summed E-state index contributed by atoms with van der Waals surface area (Å²) in [5.74, 6) is 0.658. The van der Waals surface area contributed by atoms with Gasteiger partial charge in [0.15, 0.2) is 0 Å². The molecule has 1 rings (SSSR count). The van der Waals surface area contributed by atoms with Crippen molar-refractivity contribution in [2.45, 2.75) is 27.7 Å². The van der Waals surface area contributed by atoms with Crippen molar-refractivity contribution < 1.29 is 0 Å². The van der Waals surface area contributed by atoms with Gasteiger partial charge in [-0.05, 0) is 24.0 Å². The summed E-state index contributed by atoms with van der Waals surface area (Å²) in [6.07, 6.45) is 1.92. The molecule has 0 aromatic carbocycles. The number of allylic oxidation sites excluding steroid dienone is 1. The second-order valence-corrected chi connectivity index (χ2v) is 4.60. The maximum atomic E-state index is 3.79. The fraction of sp³-hybridized carbons (Fsp3) is 0.636. The zero-order valence-electron chi connectivity index (χ0n) is 8.57. The van der Waals surface area contributed by atoms with E-state index in [1.54, 1.807) is 0 Å². The molecule has 1 heteroatoms. The Morgan fingerprint density at radius 2 is 2.08 bits per heavy atom. The Kier molecular flexibility index (Phi) is 2.31. The largest absolute Gasteiger partial charge is 0.384 e. The van der Waals surface area contributed by atoms with Crippen molar-refractivity contribution >= 4 is 0 Å². The van der Waals surface area contributed by atoms with E-state index in [1.165, 1.54) is 11.3 Å². The first-order chi connectivity index (χ1) is 5.46. The molecule has 12 heavy (non-hydrogen) atoms. The van der Waals surface area contributed by atoms with Crippen LogP contribution < -0.4 is 5.32 Å². The molecule has 0 bridgehead atoms. The van der Waals surface area contributed by atoms with E-state index in [1.807, 2.05) is 6.08 Å². The summed E-state index contributed by atoms with van der Waals surface area (Å²) in [5, 5.41) is 3.37. The molecule has 0 radical (unpaired) electrons. The second kappa shape index (κ2) is 2.96. The highest BCUT2D eigenvalue weighted by Gasteiger charge is 2.30. The van der Waals surface area contributed by atoms with Gasteiger partial charge in [0.2, 0.25) is 0 Å². The van der Waals surface area contributed by atoms with Crippen LogP contribution in [0.15, 0.2) is 23.9 Å². The Hall–Kier alpha value is -0.720.